The monoisotopic (exact) mass is 534 g/mol. The van der Waals surface area contributed by atoms with Crippen molar-refractivity contribution in [2.45, 2.75) is 20.5 Å². The summed E-state index contributed by atoms with van der Waals surface area (Å²) in [6, 6.07) is 18.7. The number of carbonyl (C=O) groups is 3. The Kier molecular flexibility index (Phi) is 16.4. The van der Waals surface area contributed by atoms with Crippen molar-refractivity contribution in [2.24, 2.45) is 0 Å². The number of hydrogen-bond acceptors (Lipinski definition) is 10. The van der Waals surface area contributed by atoms with Gasteiger partial charge in [0.25, 0.3) is 0 Å². The number of para-hydroxylation sites is 1. The molecule has 11 heteroatoms. The second-order valence-electron chi connectivity index (χ2n) is 7.85. The van der Waals surface area contributed by atoms with Crippen LogP contribution in [0.4, 0.5) is 15.3 Å². The van der Waals surface area contributed by atoms with Crippen LogP contribution in [-0.4, -0.2) is 92.5 Å². The minimum Gasteiger partial charge on any atom is -0.481 e. The molecule has 0 aromatic heterocycles. The normalized spacial score (nSPS) is 10.3. The summed E-state index contributed by atoms with van der Waals surface area (Å²) in [6.07, 6.45) is -1.69. The first-order valence-electron chi connectivity index (χ1n) is 12.0. The van der Waals surface area contributed by atoms with Crippen LogP contribution in [0.2, 0.25) is 0 Å². The Morgan fingerprint density at radius 2 is 1.21 bits per heavy atom. The lowest BCUT2D eigenvalue weighted by Crippen LogP contribution is -2.34. The molecule has 0 amide bonds. The molecule has 2 N–H and O–H groups in total. The summed E-state index contributed by atoms with van der Waals surface area (Å²) in [5, 5.41) is 17.9. The molecule has 0 aliphatic heterocycles. The van der Waals surface area contributed by atoms with Crippen LogP contribution in [0.1, 0.15) is 19.4 Å². The quantitative estimate of drug-likeness (QED) is 0.289. The molecule has 0 saturated carbocycles. The first-order chi connectivity index (χ1) is 18.0. The number of ether oxygens (including phenoxy) is 4. The van der Waals surface area contributed by atoms with E-state index in [9.17, 15) is 14.4 Å². The molecular weight excluding hydrogens is 496 g/mol. The highest BCUT2D eigenvalue weighted by atomic mass is 16.7. The summed E-state index contributed by atoms with van der Waals surface area (Å²) in [7, 11) is 0. The van der Waals surface area contributed by atoms with Crippen LogP contribution >= 0.6 is 0 Å². The summed E-state index contributed by atoms with van der Waals surface area (Å²) in [5.41, 5.74) is 1.72. The van der Waals surface area contributed by atoms with Gasteiger partial charge in [-0.1, -0.05) is 56.0 Å². The largest absolute Gasteiger partial charge is 0.508 e. The molecule has 0 saturated heterocycles. The van der Waals surface area contributed by atoms with Crippen molar-refractivity contribution in [3.63, 3.8) is 0 Å². The molecule has 0 aliphatic rings. The van der Waals surface area contributed by atoms with E-state index in [4.69, 9.17) is 29.2 Å². The second-order valence-corrected chi connectivity index (χ2v) is 7.85. The van der Waals surface area contributed by atoms with Crippen LogP contribution in [0.3, 0.4) is 0 Å². The van der Waals surface area contributed by atoms with Gasteiger partial charge in [-0.25, -0.2) is 9.59 Å². The van der Waals surface area contributed by atoms with Crippen LogP contribution in [0.5, 0.6) is 0 Å². The van der Waals surface area contributed by atoms with Gasteiger partial charge in [-0.15, -0.1) is 0 Å². The van der Waals surface area contributed by atoms with E-state index in [-0.39, 0.29) is 66.5 Å². The van der Waals surface area contributed by atoms with Crippen LogP contribution in [-0.2, 0) is 30.3 Å². The summed E-state index contributed by atoms with van der Waals surface area (Å²) < 4.78 is 20.5. The van der Waals surface area contributed by atoms with Crippen molar-refractivity contribution in [1.29, 1.82) is 0 Å². The van der Waals surface area contributed by atoms with Gasteiger partial charge in [0, 0.05) is 25.3 Å². The van der Waals surface area contributed by atoms with Crippen LogP contribution in [0, 0.1) is 0 Å². The molecule has 2 aromatic rings. The molecule has 0 fully saturated rings. The number of nitrogens with zero attached hydrogens (tertiary/aromatic N) is 2. The Labute approximate surface area is 223 Å². The fourth-order valence-corrected chi connectivity index (χ4v) is 3.28. The molecule has 0 spiro atoms. The fourth-order valence-electron chi connectivity index (χ4n) is 3.28. The predicted octanol–water partition coefficient (Wildman–Crippen LogP) is 3.40. The standard InChI is InChI=1S/C26H34N2O9.CH4/c29-17-13-27(12-11-24(30)31)14-18-34-25(32)35-19-15-28(23-9-5-2-6-10-23)16-20-36-26(33)37-21-22-7-3-1-4-8-22;/h1-10,29H,11-21H2,(H,30,31);1H4. The van der Waals surface area contributed by atoms with Crippen LogP contribution in [0.25, 0.3) is 0 Å². The minimum atomic E-state index is -0.944. The van der Waals surface area contributed by atoms with E-state index >= 15 is 0 Å². The maximum absolute atomic E-state index is 11.9. The zero-order valence-corrected chi connectivity index (χ0v) is 20.7. The Balaban J connectivity index is 0.00000722. The first kappa shape index (κ1) is 32.2. The van der Waals surface area contributed by atoms with E-state index in [0.717, 1.165) is 11.3 Å². The molecule has 2 aromatic carbocycles. The minimum absolute atomic E-state index is 0. The average molecular weight is 535 g/mol. The Hall–Kier alpha value is -3.83. The van der Waals surface area contributed by atoms with Gasteiger partial charge >= 0.3 is 18.3 Å². The molecule has 0 radical (unpaired) electrons. The maximum Gasteiger partial charge on any atom is 0.508 e. The van der Waals surface area contributed by atoms with Crippen molar-refractivity contribution in [1.82, 2.24) is 4.90 Å². The van der Waals surface area contributed by atoms with Gasteiger partial charge in [0.2, 0.25) is 0 Å². The van der Waals surface area contributed by atoms with Crippen molar-refractivity contribution in [2.75, 3.05) is 64.1 Å². The number of aliphatic hydroxyl groups is 1. The first-order valence-corrected chi connectivity index (χ1v) is 12.0. The van der Waals surface area contributed by atoms with Crippen LogP contribution in [0.15, 0.2) is 60.7 Å². The average Bonchev–Trinajstić information content (AvgIpc) is 2.90. The number of carboxylic acids is 1. The number of carbonyl (C=O) groups excluding carboxylic acids is 2. The highest BCUT2D eigenvalue weighted by Crippen LogP contribution is 2.13. The fraction of sp³-hybridized carbons (Fsp3) is 0.444. The maximum atomic E-state index is 11.9. The van der Waals surface area contributed by atoms with Gasteiger partial charge in [-0.3, -0.25) is 9.69 Å². The number of benzene rings is 2. The second kappa shape index (κ2) is 19.3. The van der Waals surface area contributed by atoms with Crippen LogP contribution < -0.4 is 4.90 Å². The molecule has 0 bridgehead atoms. The van der Waals surface area contributed by atoms with Crippen molar-refractivity contribution in [3.8, 4) is 0 Å². The Morgan fingerprint density at radius 1 is 0.684 bits per heavy atom. The van der Waals surface area contributed by atoms with E-state index in [0.29, 0.717) is 13.1 Å². The predicted molar refractivity (Wildman–Crippen MR) is 141 cm³/mol. The topological polar surface area (TPSA) is 135 Å². The molecule has 0 unspecified atom stereocenters. The third-order valence-electron chi connectivity index (χ3n) is 5.17. The third-order valence-corrected chi connectivity index (χ3v) is 5.17. The lowest BCUT2D eigenvalue weighted by molar-refractivity contribution is -0.137. The van der Waals surface area contributed by atoms with Gasteiger partial charge in [0.1, 0.15) is 26.4 Å². The van der Waals surface area contributed by atoms with Gasteiger partial charge in [0.15, 0.2) is 0 Å². The van der Waals surface area contributed by atoms with E-state index in [2.05, 4.69) is 0 Å². The van der Waals surface area contributed by atoms with Crippen molar-refractivity contribution >= 4 is 24.0 Å². The molecule has 11 nitrogen and oxygen atoms in total. The van der Waals surface area contributed by atoms with Gasteiger partial charge < -0.3 is 34.1 Å². The molecule has 210 valence electrons. The number of carboxylic acid groups (broad SMARTS) is 1. The lowest BCUT2D eigenvalue weighted by Gasteiger charge is -2.24. The smallest absolute Gasteiger partial charge is 0.481 e. The Morgan fingerprint density at radius 3 is 1.76 bits per heavy atom. The van der Waals surface area contributed by atoms with Gasteiger partial charge in [0.05, 0.1) is 26.1 Å². The van der Waals surface area contributed by atoms with Crippen molar-refractivity contribution in [3.05, 3.63) is 66.2 Å². The SMILES string of the molecule is C.O=C(O)CCN(CCO)CCOC(=O)OCCN(CCOC(=O)OCc1ccccc1)c1ccccc1. The lowest BCUT2D eigenvalue weighted by atomic mass is 10.2. The van der Waals surface area contributed by atoms with E-state index in [1.54, 1.807) is 4.90 Å². The number of aliphatic hydroxyl groups excluding tert-OH is 1. The van der Waals surface area contributed by atoms with Gasteiger partial charge in [-0.05, 0) is 17.7 Å². The molecular formula is C27H38N2O9. The third kappa shape index (κ3) is 14.0. The number of aliphatic carboxylic acids is 1. The zero-order chi connectivity index (χ0) is 26.7. The summed E-state index contributed by atoms with van der Waals surface area (Å²) >= 11 is 0. The number of anilines is 1. The molecule has 0 aliphatic carbocycles. The highest BCUT2D eigenvalue weighted by molar-refractivity contribution is 5.66. The molecule has 2 rings (SSSR count). The van der Waals surface area contributed by atoms with E-state index in [1.165, 1.54) is 0 Å². The highest BCUT2D eigenvalue weighted by Gasteiger charge is 2.13. The number of hydrogen-bond donors (Lipinski definition) is 2. The summed E-state index contributed by atoms with van der Waals surface area (Å²) in [5.74, 6) is -0.944. The Bertz CT molecular complexity index is 929. The van der Waals surface area contributed by atoms with Gasteiger partial charge in [-0.2, -0.15) is 0 Å². The summed E-state index contributed by atoms with van der Waals surface area (Å²) in [6.45, 7) is 1.57. The molecule has 0 atom stereocenters. The number of rotatable bonds is 17. The molecule has 0 heterocycles. The van der Waals surface area contributed by atoms with E-state index in [1.807, 2.05) is 65.6 Å². The summed E-state index contributed by atoms with van der Waals surface area (Å²) in [4.78, 5) is 38.2. The van der Waals surface area contributed by atoms with E-state index < -0.39 is 18.3 Å². The van der Waals surface area contributed by atoms with Crippen molar-refractivity contribution < 1.29 is 43.5 Å². The zero-order valence-electron chi connectivity index (χ0n) is 20.7. The molecule has 38 heavy (non-hydrogen) atoms.